The normalized spacial score (nSPS) is 17.2. The average molecular weight is 442 g/mol. The minimum Gasteiger partial charge on any atom is -0.373 e. The molecule has 3 aromatic heterocycles. The number of nitrogens with zero attached hydrogens (tertiary/aromatic N) is 6. The molecule has 6 rings (SSSR count). The van der Waals surface area contributed by atoms with Crippen LogP contribution in [0.3, 0.4) is 0 Å². The van der Waals surface area contributed by atoms with Crippen LogP contribution in [0.4, 0.5) is 16.0 Å². The van der Waals surface area contributed by atoms with Gasteiger partial charge in [0.1, 0.15) is 11.5 Å². The van der Waals surface area contributed by atoms with Crippen molar-refractivity contribution in [1.82, 2.24) is 24.6 Å². The molecule has 0 radical (unpaired) electrons. The number of rotatable bonds is 4. The summed E-state index contributed by atoms with van der Waals surface area (Å²) in [5, 5.41) is 8.17. The molecule has 1 aromatic carbocycles. The summed E-state index contributed by atoms with van der Waals surface area (Å²) in [5.74, 6) is 0.605. The lowest BCUT2D eigenvalue weighted by Crippen LogP contribution is -2.25. The van der Waals surface area contributed by atoms with Crippen molar-refractivity contribution < 1.29 is 4.39 Å². The van der Waals surface area contributed by atoms with Gasteiger partial charge in [0.15, 0.2) is 11.5 Å². The Morgan fingerprint density at radius 3 is 2.85 bits per heavy atom. The van der Waals surface area contributed by atoms with Gasteiger partial charge in [-0.2, -0.15) is 14.6 Å². The van der Waals surface area contributed by atoms with E-state index in [1.54, 1.807) is 22.5 Å². The first-order valence-corrected chi connectivity index (χ1v) is 11.2. The number of aromatic nitrogens is 5. The summed E-state index contributed by atoms with van der Waals surface area (Å²) in [4.78, 5) is 15.4. The standard InChI is InChI=1S/C25H24FN7/c1-32(2)22-14-28-33-24(22)30-23(17-10-18(26)13-27-12-17)31-25(33)29-19-8-7-16-9-15-5-3-4-6-20(15)21(16)11-19/h3-6,10,12-14,19H,7-9,11H2,1-2H3,(H,29,30,31)/t19-/m1/s1. The van der Waals surface area contributed by atoms with Crippen molar-refractivity contribution in [2.24, 2.45) is 0 Å². The number of pyridine rings is 1. The van der Waals surface area contributed by atoms with Crippen molar-refractivity contribution >= 4 is 22.9 Å². The summed E-state index contributed by atoms with van der Waals surface area (Å²) in [6.45, 7) is 0. The highest BCUT2D eigenvalue weighted by atomic mass is 19.1. The average Bonchev–Trinajstić information content (AvgIpc) is 3.41. The highest BCUT2D eigenvalue weighted by Gasteiger charge is 2.29. The number of hydrogen-bond donors (Lipinski definition) is 1. The summed E-state index contributed by atoms with van der Waals surface area (Å²) >= 11 is 0. The summed E-state index contributed by atoms with van der Waals surface area (Å²) < 4.78 is 15.6. The van der Waals surface area contributed by atoms with Gasteiger partial charge in [-0.15, -0.1) is 0 Å². The maximum absolute atomic E-state index is 13.9. The Hall–Kier alpha value is -3.81. The first kappa shape index (κ1) is 19.8. The van der Waals surface area contributed by atoms with Crippen LogP contribution < -0.4 is 10.2 Å². The number of anilines is 2. The quantitative estimate of drug-likeness (QED) is 0.507. The third kappa shape index (κ3) is 3.42. The molecule has 1 N–H and O–H groups in total. The van der Waals surface area contributed by atoms with E-state index in [1.807, 2.05) is 19.0 Å². The fourth-order valence-corrected chi connectivity index (χ4v) is 4.93. The van der Waals surface area contributed by atoms with Crippen LogP contribution in [0.2, 0.25) is 0 Å². The van der Waals surface area contributed by atoms with E-state index in [0.717, 1.165) is 31.4 Å². The fourth-order valence-electron chi connectivity index (χ4n) is 4.93. The predicted molar refractivity (Wildman–Crippen MR) is 127 cm³/mol. The first-order valence-electron chi connectivity index (χ1n) is 11.2. The lowest BCUT2D eigenvalue weighted by atomic mass is 9.88. The summed E-state index contributed by atoms with van der Waals surface area (Å²) in [6, 6.07) is 10.3. The zero-order valence-corrected chi connectivity index (χ0v) is 18.6. The number of benzene rings is 1. The van der Waals surface area contributed by atoms with Gasteiger partial charge in [0, 0.05) is 31.9 Å². The molecular weight excluding hydrogens is 417 g/mol. The molecule has 4 aromatic rings. The van der Waals surface area contributed by atoms with Gasteiger partial charge in [-0.1, -0.05) is 29.8 Å². The Bertz CT molecular complexity index is 1410. The van der Waals surface area contributed by atoms with Crippen molar-refractivity contribution in [3.05, 3.63) is 71.4 Å². The van der Waals surface area contributed by atoms with E-state index in [9.17, 15) is 4.39 Å². The van der Waals surface area contributed by atoms with E-state index in [4.69, 9.17) is 9.97 Å². The molecule has 0 saturated heterocycles. The largest absolute Gasteiger partial charge is 0.373 e. The lowest BCUT2D eigenvalue weighted by molar-refractivity contribution is 0.621. The molecule has 2 aliphatic rings. The molecule has 0 spiro atoms. The minimum atomic E-state index is -0.418. The Morgan fingerprint density at radius 2 is 2.00 bits per heavy atom. The molecule has 0 unspecified atom stereocenters. The van der Waals surface area contributed by atoms with Gasteiger partial charge < -0.3 is 10.2 Å². The second-order valence-corrected chi connectivity index (χ2v) is 8.92. The van der Waals surface area contributed by atoms with Gasteiger partial charge in [0.25, 0.3) is 0 Å². The van der Waals surface area contributed by atoms with Crippen molar-refractivity contribution in [2.75, 3.05) is 24.3 Å². The van der Waals surface area contributed by atoms with E-state index in [0.29, 0.717) is 23.0 Å². The lowest BCUT2D eigenvalue weighted by Gasteiger charge is -2.26. The van der Waals surface area contributed by atoms with Crippen LogP contribution in [0.1, 0.15) is 30.4 Å². The molecule has 2 aliphatic carbocycles. The SMILES string of the molecule is CN(C)c1cnn2c(N[C@@H]3CCC4=C(C3)c3ccccc3C4)nc(-c3cncc(F)c3)nc12. The third-order valence-electron chi connectivity index (χ3n) is 6.55. The van der Waals surface area contributed by atoms with Crippen LogP contribution in [0.5, 0.6) is 0 Å². The van der Waals surface area contributed by atoms with Crippen molar-refractivity contribution in [3.8, 4) is 11.4 Å². The molecule has 0 aliphatic heterocycles. The monoisotopic (exact) mass is 441 g/mol. The molecule has 1 atom stereocenters. The Kier molecular flexibility index (Phi) is 4.60. The Labute approximate surface area is 191 Å². The molecule has 0 bridgehead atoms. The van der Waals surface area contributed by atoms with Crippen LogP contribution >= 0.6 is 0 Å². The van der Waals surface area contributed by atoms with Crippen molar-refractivity contribution in [1.29, 1.82) is 0 Å². The second-order valence-electron chi connectivity index (χ2n) is 8.92. The Balaban J connectivity index is 1.38. The van der Waals surface area contributed by atoms with Crippen LogP contribution in [-0.2, 0) is 6.42 Å². The van der Waals surface area contributed by atoms with Gasteiger partial charge in [-0.3, -0.25) is 4.98 Å². The second kappa shape index (κ2) is 7.65. The van der Waals surface area contributed by atoms with Gasteiger partial charge in [-0.25, -0.2) is 9.37 Å². The number of halogens is 1. The molecule has 3 heterocycles. The maximum atomic E-state index is 13.9. The minimum absolute atomic E-state index is 0.221. The first-order chi connectivity index (χ1) is 16.1. The van der Waals surface area contributed by atoms with Crippen LogP contribution in [0.25, 0.3) is 22.6 Å². The number of hydrogen-bond acceptors (Lipinski definition) is 6. The molecule has 0 saturated carbocycles. The topological polar surface area (TPSA) is 71.2 Å². The van der Waals surface area contributed by atoms with Gasteiger partial charge in [0.2, 0.25) is 5.95 Å². The van der Waals surface area contributed by atoms with Gasteiger partial charge in [0.05, 0.1) is 12.4 Å². The third-order valence-corrected chi connectivity index (χ3v) is 6.55. The van der Waals surface area contributed by atoms with Crippen LogP contribution in [0, 0.1) is 5.82 Å². The summed E-state index contributed by atoms with van der Waals surface area (Å²) in [7, 11) is 3.89. The zero-order chi connectivity index (χ0) is 22.5. The van der Waals surface area contributed by atoms with Crippen molar-refractivity contribution in [3.63, 3.8) is 0 Å². The molecule has 166 valence electrons. The highest BCUT2D eigenvalue weighted by Crippen LogP contribution is 2.42. The molecule has 7 nitrogen and oxygen atoms in total. The molecule has 8 heteroatoms. The predicted octanol–water partition coefficient (Wildman–Crippen LogP) is 4.37. The van der Waals surface area contributed by atoms with E-state index < -0.39 is 5.82 Å². The number of fused-ring (bicyclic) bond motifs is 3. The van der Waals surface area contributed by atoms with Crippen molar-refractivity contribution in [2.45, 2.75) is 31.7 Å². The van der Waals surface area contributed by atoms with E-state index >= 15 is 0 Å². The summed E-state index contributed by atoms with van der Waals surface area (Å²) in [5.41, 5.74) is 7.89. The van der Waals surface area contributed by atoms with E-state index in [1.165, 1.54) is 29.0 Å². The molecular formula is C25H24FN7. The smallest absolute Gasteiger partial charge is 0.228 e. The van der Waals surface area contributed by atoms with Crippen LogP contribution in [0.15, 0.2) is 54.5 Å². The fraction of sp³-hybridized carbons (Fsp3) is 0.280. The van der Waals surface area contributed by atoms with Gasteiger partial charge in [-0.05, 0) is 48.4 Å². The van der Waals surface area contributed by atoms with E-state index in [-0.39, 0.29) is 6.04 Å². The van der Waals surface area contributed by atoms with Gasteiger partial charge >= 0.3 is 0 Å². The highest BCUT2D eigenvalue weighted by molar-refractivity contribution is 5.78. The molecule has 0 fully saturated rings. The maximum Gasteiger partial charge on any atom is 0.228 e. The van der Waals surface area contributed by atoms with E-state index in [2.05, 4.69) is 39.7 Å². The Morgan fingerprint density at radius 1 is 1.12 bits per heavy atom. The zero-order valence-electron chi connectivity index (χ0n) is 18.6. The molecule has 0 amide bonds. The summed E-state index contributed by atoms with van der Waals surface area (Å²) in [6.07, 6.45) is 8.64. The van der Waals surface area contributed by atoms with Crippen LogP contribution in [-0.4, -0.2) is 44.7 Å². The number of nitrogens with one attached hydrogen (secondary N) is 1. The molecule has 33 heavy (non-hydrogen) atoms. The number of allylic oxidation sites excluding steroid dienone is 1.